The van der Waals surface area contributed by atoms with Crippen LogP contribution < -0.4 is 5.32 Å². The van der Waals surface area contributed by atoms with Gasteiger partial charge in [-0.25, -0.2) is 0 Å². The molecule has 1 saturated carbocycles. The van der Waals surface area contributed by atoms with Gasteiger partial charge in [0.1, 0.15) is 0 Å². The Morgan fingerprint density at radius 1 is 1.50 bits per heavy atom. The summed E-state index contributed by atoms with van der Waals surface area (Å²) < 4.78 is 5.05. The quantitative estimate of drug-likeness (QED) is 0.804. The van der Waals surface area contributed by atoms with Crippen LogP contribution in [0.5, 0.6) is 0 Å². The Morgan fingerprint density at radius 3 is 3.00 bits per heavy atom. The van der Waals surface area contributed by atoms with E-state index in [2.05, 4.69) is 22.4 Å². The molecule has 0 bridgehead atoms. The molecule has 1 heterocycles. The van der Waals surface area contributed by atoms with Gasteiger partial charge in [-0.05, 0) is 25.7 Å². The highest BCUT2D eigenvalue weighted by atomic mass is 16.5. The molecule has 14 heavy (non-hydrogen) atoms. The molecule has 0 aromatic carbocycles. The normalized spacial score (nSPS) is 26.7. The van der Waals surface area contributed by atoms with Crippen LogP contribution in [0.4, 0.5) is 6.01 Å². The SMILES string of the molecule is CCC1CCCC1Nc1nc(C)no1. The molecule has 0 saturated heterocycles. The maximum absolute atomic E-state index is 5.05. The van der Waals surface area contributed by atoms with Crippen LogP contribution in [0.25, 0.3) is 0 Å². The minimum Gasteiger partial charge on any atom is -0.335 e. The zero-order valence-corrected chi connectivity index (χ0v) is 8.79. The van der Waals surface area contributed by atoms with Gasteiger partial charge in [0.05, 0.1) is 0 Å². The summed E-state index contributed by atoms with van der Waals surface area (Å²) >= 11 is 0. The molecular weight excluding hydrogens is 178 g/mol. The molecule has 1 aromatic heterocycles. The van der Waals surface area contributed by atoms with Crippen LogP contribution >= 0.6 is 0 Å². The van der Waals surface area contributed by atoms with Crippen LogP contribution in [0, 0.1) is 12.8 Å². The first-order chi connectivity index (χ1) is 6.79. The van der Waals surface area contributed by atoms with E-state index < -0.39 is 0 Å². The van der Waals surface area contributed by atoms with Gasteiger partial charge < -0.3 is 9.84 Å². The van der Waals surface area contributed by atoms with Crippen LogP contribution in [0.15, 0.2) is 4.52 Å². The number of anilines is 1. The molecular formula is C10H17N3O. The molecule has 1 N–H and O–H groups in total. The molecule has 1 aliphatic rings. The first kappa shape index (κ1) is 9.49. The van der Waals surface area contributed by atoms with Crippen molar-refractivity contribution >= 4 is 6.01 Å². The Balaban J connectivity index is 1.96. The second kappa shape index (κ2) is 3.98. The van der Waals surface area contributed by atoms with E-state index in [0.29, 0.717) is 17.9 Å². The summed E-state index contributed by atoms with van der Waals surface area (Å²) in [5.41, 5.74) is 0. The van der Waals surface area contributed by atoms with Crippen molar-refractivity contribution in [3.8, 4) is 0 Å². The summed E-state index contributed by atoms with van der Waals surface area (Å²) in [5.74, 6) is 1.46. The van der Waals surface area contributed by atoms with Crippen molar-refractivity contribution in [2.24, 2.45) is 5.92 Å². The molecule has 2 atom stereocenters. The number of hydrogen-bond acceptors (Lipinski definition) is 4. The van der Waals surface area contributed by atoms with Gasteiger partial charge in [-0.1, -0.05) is 24.9 Å². The van der Waals surface area contributed by atoms with E-state index in [0.717, 1.165) is 5.92 Å². The first-order valence-corrected chi connectivity index (χ1v) is 5.36. The number of aromatic nitrogens is 2. The van der Waals surface area contributed by atoms with Gasteiger partial charge in [0.25, 0.3) is 0 Å². The first-order valence-electron chi connectivity index (χ1n) is 5.36. The molecule has 0 radical (unpaired) electrons. The number of nitrogens with one attached hydrogen (secondary N) is 1. The molecule has 4 heteroatoms. The van der Waals surface area contributed by atoms with Crippen LogP contribution in [-0.2, 0) is 0 Å². The molecule has 1 aromatic rings. The Morgan fingerprint density at radius 2 is 2.36 bits per heavy atom. The van der Waals surface area contributed by atoms with Gasteiger partial charge in [-0.3, -0.25) is 0 Å². The van der Waals surface area contributed by atoms with Crippen LogP contribution in [0.2, 0.25) is 0 Å². The molecule has 2 unspecified atom stereocenters. The van der Waals surface area contributed by atoms with Gasteiger partial charge in [-0.15, -0.1) is 0 Å². The van der Waals surface area contributed by atoms with E-state index in [4.69, 9.17) is 4.52 Å². The third kappa shape index (κ3) is 1.89. The maximum atomic E-state index is 5.05. The predicted octanol–water partition coefficient (Wildman–Crippen LogP) is 2.37. The number of hydrogen-bond donors (Lipinski definition) is 1. The fourth-order valence-electron chi connectivity index (χ4n) is 2.23. The van der Waals surface area contributed by atoms with Gasteiger partial charge >= 0.3 is 6.01 Å². The second-order valence-corrected chi connectivity index (χ2v) is 4.00. The fraction of sp³-hybridized carbons (Fsp3) is 0.800. The molecule has 0 amide bonds. The van der Waals surface area contributed by atoms with E-state index in [1.807, 2.05) is 6.92 Å². The fourth-order valence-corrected chi connectivity index (χ4v) is 2.23. The molecule has 4 nitrogen and oxygen atoms in total. The maximum Gasteiger partial charge on any atom is 0.321 e. The highest BCUT2D eigenvalue weighted by Crippen LogP contribution is 2.30. The summed E-state index contributed by atoms with van der Waals surface area (Å²) in [5, 5.41) is 7.08. The molecule has 2 rings (SSSR count). The van der Waals surface area contributed by atoms with E-state index in [9.17, 15) is 0 Å². The third-order valence-electron chi connectivity index (χ3n) is 3.02. The van der Waals surface area contributed by atoms with Crippen LogP contribution in [-0.4, -0.2) is 16.2 Å². The van der Waals surface area contributed by atoms with Crippen LogP contribution in [0.3, 0.4) is 0 Å². The standard InChI is InChI=1S/C10H17N3O/c1-3-8-5-4-6-9(8)12-10-11-7(2)13-14-10/h8-9H,3-6H2,1-2H3,(H,11,12,13). The summed E-state index contributed by atoms with van der Waals surface area (Å²) in [4.78, 5) is 4.15. The minimum atomic E-state index is 0.528. The molecule has 0 spiro atoms. The van der Waals surface area contributed by atoms with E-state index in [1.165, 1.54) is 25.7 Å². The predicted molar refractivity (Wildman–Crippen MR) is 54.1 cm³/mol. The Kier molecular flexibility index (Phi) is 2.70. The zero-order chi connectivity index (χ0) is 9.97. The monoisotopic (exact) mass is 195 g/mol. The van der Waals surface area contributed by atoms with Crippen molar-refractivity contribution in [3.05, 3.63) is 5.82 Å². The highest BCUT2D eigenvalue weighted by Gasteiger charge is 2.26. The lowest BCUT2D eigenvalue weighted by molar-refractivity contribution is 0.409. The van der Waals surface area contributed by atoms with Crippen molar-refractivity contribution in [1.82, 2.24) is 10.1 Å². The smallest absolute Gasteiger partial charge is 0.321 e. The molecule has 0 aliphatic heterocycles. The Hall–Kier alpha value is -1.06. The van der Waals surface area contributed by atoms with Crippen molar-refractivity contribution < 1.29 is 4.52 Å². The largest absolute Gasteiger partial charge is 0.335 e. The van der Waals surface area contributed by atoms with Gasteiger partial charge in [0.2, 0.25) is 0 Å². The van der Waals surface area contributed by atoms with Crippen molar-refractivity contribution in [2.75, 3.05) is 5.32 Å². The number of aryl methyl sites for hydroxylation is 1. The highest BCUT2D eigenvalue weighted by molar-refractivity contribution is 5.21. The summed E-state index contributed by atoms with van der Waals surface area (Å²) in [7, 11) is 0. The number of rotatable bonds is 3. The van der Waals surface area contributed by atoms with Gasteiger partial charge in [0, 0.05) is 6.04 Å². The van der Waals surface area contributed by atoms with Crippen molar-refractivity contribution in [3.63, 3.8) is 0 Å². The lowest BCUT2D eigenvalue weighted by Gasteiger charge is -2.17. The van der Waals surface area contributed by atoms with Gasteiger partial charge in [-0.2, -0.15) is 4.98 Å². The van der Waals surface area contributed by atoms with E-state index >= 15 is 0 Å². The van der Waals surface area contributed by atoms with Crippen molar-refractivity contribution in [2.45, 2.75) is 45.6 Å². The topological polar surface area (TPSA) is 51.0 Å². The number of nitrogens with zero attached hydrogens (tertiary/aromatic N) is 2. The lowest BCUT2D eigenvalue weighted by atomic mass is 10.0. The summed E-state index contributed by atoms with van der Waals surface area (Å²) in [6, 6.07) is 1.10. The van der Waals surface area contributed by atoms with Gasteiger partial charge in [0.15, 0.2) is 5.82 Å². The average Bonchev–Trinajstić information content (AvgIpc) is 2.76. The average molecular weight is 195 g/mol. The third-order valence-corrected chi connectivity index (χ3v) is 3.02. The van der Waals surface area contributed by atoms with E-state index in [-0.39, 0.29) is 0 Å². The van der Waals surface area contributed by atoms with Crippen LogP contribution in [0.1, 0.15) is 38.4 Å². The Bertz CT molecular complexity index is 297. The molecule has 1 aliphatic carbocycles. The minimum absolute atomic E-state index is 0.528. The Labute approximate surface area is 84.1 Å². The lowest BCUT2D eigenvalue weighted by Crippen LogP contribution is -2.23. The zero-order valence-electron chi connectivity index (χ0n) is 8.79. The molecule has 1 fully saturated rings. The summed E-state index contributed by atoms with van der Waals surface area (Å²) in [6.07, 6.45) is 5.08. The second-order valence-electron chi connectivity index (χ2n) is 4.00. The molecule has 78 valence electrons. The van der Waals surface area contributed by atoms with Crippen molar-refractivity contribution in [1.29, 1.82) is 0 Å². The van der Waals surface area contributed by atoms with E-state index in [1.54, 1.807) is 0 Å². The summed E-state index contributed by atoms with van der Waals surface area (Å²) in [6.45, 7) is 4.07.